The molecule has 5 nitrogen and oxygen atoms in total. The molecule has 21 heavy (non-hydrogen) atoms. The van der Waals surface area contributed by atoms with E-state index in [1.54, 1.807) is 0 Å². The first-order valence-corrected chi connectivity index (χ1v) is 8.76. The number of amides is 1. The van der Waals surface area contributed by atoms with Crippen molar-refractivity contribution in [1.29, 1.82) is 0 Å². The third kappa shape index (κ3) is 4.43. The van der Waals surface area contributed by atoms with Crippen molar-refractivity contribution in [2.45, 2.75) is 37.6 Å². The molecule has 7 heteroatoms. The van der Waals surface area contributed by atoms with Crippen LogP contribution in [0.4, 0.5) is 0 Å². The second-order valence-corrected chi connectivity index (χ2v) is 7.73. The summed E-state index contributed by atoms with van der Waals surface area (Å²) in [6.45, 7) is 4.50. The Morgan fingerprint density at radius 2 is 2.05 bits per heavy atom. The number of sulfonamides is 1. The van der Waals surface area contributed by atoms with E-state index in [0.717, 1.165) is 12.8 Å². The molecule has 1 aliphatic rings. The van der Waals surface area contributed by atoms with Crippen molar-refractivity contribution >= 4 is 27.5 Å². The van der Waals surface area contributed by atoms with Crippen molar-refractivity contribution in [1.82, 2.24) is 10.0 Å². The summed E-state index contributed by atoms with van der Waals surface area (Å²) in [5.74, 6) is 0.0178. The number of hydrogen-bond donors (Lipinski definition) is 2. The van der Waals surface area contributed by atoms with E-state index in [4.69, 9.17) is 11.6 Å². The first-order chi connectivity index (χ1) is 9.79. The average Bonchev–Trinajstić information content (AvgIpc) is 3.19. The Hall–Kier alpha value is -1.11. The molecule has 0 saturated heterocycles. The van der Waals surface area contributed by atoms with E-state index in [9.17, 15) is 13.2 Å². The number of carbonyl (C=O) groups excluding carboxylic acids is 1. The molecule has 1 fully saturated rings. The zero-order valence-corrected chi connectivity index (χ0v) is 13.6. The molecule has 0 aliphatic heterocycles. The van der Waals surface area contributed by atoms with E-state index in [0.29, 0.717) is 12.5 Å². The Morgan fingerprint density at radius 1 is 1.38 bits per heavy atom. The Bertz CT molecular complexity index is 640. The molecule has 0 bridgehead atoms. The van der Waals surface area contributed by atoms with Crippen LogP contribution >= 0.6 is 11.6 Å². The summed E-state index contributed by atoms with van der Waals surface area (Å²) in [6.07, 6.45) is 1.68. The first-order valence-electron chi connectivity index (χ1n) is 6.89. The summed E-state index contributed by atoms with van der Waals surface area (Å²) in [5.41, 5.74) is 0.288. The minimum atomic E-state index is -3.68. The van der Waals surface area contributed by atoms with Gasteiger partial charge in [0.25, 0.3) is 5.91 Å². The van der Waals surface area contributed by atoms with Gasteiger partial charge >= 0.3 is 0 Å². The fourth-order valence-electron chi connectivity index (χ4n) is 1.73. The fourth-order valence-corrected chi connectivity index (χ4v) is 3.56. The number of rotatable bonds is 6. The highest BCUT2D eigenvalue weighted by molar-refractivity contribution is 7.89. The lowest BCUT2D eigenvalue weighted by atomic mass is 10.2. The number of hydrogen-bond acceptors (Lipinski definition) is 3. The molecule has 0 unspecified atom stereocenters. The quantitative estimate of drug-likeness (QED) is 0.839. The first kappa shape index (κ1) is 16.3. The van der Waals surface area contributed by atoms with Crippen molar-refractivity contribution in [2.24, 2.45) is 5.92 Å². The Labute approximate surface area is 130 Å². The number of nitrogens with one attached hydrogen (secondary N) is 2. The topological polar surface area (TPSA) is 75.3 Å². The van der Waals surface area contributed by atoms with Gasteiger partial charge in [-0.2, -0.15) is 0 Å². The summed E-state index contributed by atoms with van der Waals surface area (Å²) in [5, 5.41) is 2.87. The third-order valence-corrected chi connectivity index (χ3v) is 5.06. The van der Waals surface area contributed by atoms with Gasteiger partial charge < -0.3 is 5.32 Å². The van der Waals surface area contributed by atoms with E-state index in [1.165, 1.54) is 18.2 Å². The molecule has 116 valence electrons. The van der Waals surface area contributed by atoms with Crippen LogP contribution in [0.25, 0.3) is 0 Å². The molecule has 1 amide bonds. The summed E-state index contributed by atoms with van der Waals surface area (Å²) in [4.78, 5) is 12.0. The molecule has 2 N–H and O–H groups in total. The Morgan fingerprint density at radius 3 is 2.62 bits per heavy atom. The molecular weight excluding hydrogens is 312 g/mol. The molecule has 0 atom stereocenters. The zero-order valence-electron chi connectivity index (χ0n) is 12.0. The van der Waals surface area contributed by atoms with Crippen molar-refractivity contribution < 1.29 is 13.2 Å². The molecule has 1 aromatic carbocycles. The highest BCUT2D eigenvalue weighted by Gasteiger charge is 2.29. The predicted molar refractivity (Wildman–Crippen MR) is 82.0 cm³/mol. The van der Waals surface area contributed by atoms with Crippen LogP contribution in [-0.2, 0) is 10.0 Å². The molecule has 0 aromatic heterocycles. The van der Waals surface area contributed by atoms with Crippen molar-refractivity contribution in [3.63, 3.8) is 0 Å². The molecular formula is C14H19ClN2O3S. The van der Waals surface area contributed by atoms with Gasteiger partial charge in [-0.1, -0.05) is 25.4 Å². The van der Waals surface area contributed by atoms with Gasteiger partial charge in [-0.05, 0) is 37.0 Å². The second kappa shape index (κ2) is 6.34. The van der Waals surface area contributed by atoms with Gasteiger partial charge in [0, 0.05) is 18.2 Å². The molecule has 2 rings (SSSR count). The van der Waals surface area contributed by atoms with Crippen LogP contribution in [0.5, 0.6) is 0 Å². The van der Waals surface area contributed by atoms with E-state index in [2.05, 4.69) is 10.0 Å². The highest BCUT2D eigenvalue weighted by atomic mass is 35.5. The monoisotopic (exact) mass is 330 g/mol. The molecule has 0 spiro atoms. The smallest absolute Gasteiger partial charge is 0.251 e. The van der Waals surface area contributed by atoms with Gasteiger partial charge in [-0.3, -0.25) is 4.79 Å². The van der Waals surface area contributed by atoms with Crippen LogP contribution in [0, 0.1) is 5.92 Å². The minimum Gasteiger partial charge on any atom is -0.352 e. The molecule has 0 heterocycles. The molecule has 1 aliphatic carbocycles. The lowest BCUT2D eigenvalue weighted by molar-refractivity contribution is 0.0949. The van der Waals surface area contributed by atoms with E-state index in [1.807, 2.05) is 13.8 Å². The van der Waals surface area contributed by atoms with E-state index >= 15 is 0 Å². The summed E-state index contributed by atoms with van der Waals surface area (Å²) in [6, 6.07) is 4.27. The Kier molecular flexibility index (Phi) is 4.91. The van der Waals surface area contributed by atoms with Gasteiger partial charge in [0.05, 0.1) is 5.02 Å². The number of carbonyl (C=O) groups is 1. The normalized spacial score (nSPS) is 15.2. The van der Waals surface area contributed by atoms with Crippen LogP contribution in [0.15, 0.2) is 23.1 Å². The van der Waals surface area contributed by atoms with Crippen molar-refractivity contribution in [3.8, 4) is 0 Å². The highest BCUT2D eigenvalue weighted by Crippen LogP contribution is 2.26. The van der Waals surface area contributed by atoms with Crippen molar-refractivity contribution in [3.05, 3.63) is 28.8 Å². The maximum absolute atomic E-state index is 12.2. The molecule has 1 saturated carbocycles. The maximum Gasteiger partial charge on any atom is 0.251 e. The summed E-state index contributed by atoms with van der Waals surface area (Å²) >= 11 is 5.97. The molecule has 0 radical (unpaired) electrons. The van der Waals surface area contributed by atoms with Crippen LogP contribution < -0.4 is 10.0 Å². The number of halogens is 1. The predicted octanol–water partition coefficient (Wildman–Crippen LogP) is 2.17. The maximum atomic E-state index is 12.2. The zero-order chi connectivity index (χ0) is 15.6. The lowest BCUT2D eigenvalue weighted by Crippen LogP contribution is -2.29. The van der Waals surface area contributed by atoms with Gasteiger partial charge in [0.1, 0.15) is 4.90 Å². The minimum absolute atomic E-state index is 0.00973. The summed E-state index contributed by atoms with van der Waals surface area (Å²) < 4.78 is 27.0. The van der Waals surface area contributed by atoms with Crippen LogP contribution in [0.3, 0.4) is 0 Å². The van der Waals surface area contributed by atoms with Crippen LogP contribution in [0.1, 0.15) is 37.0 Å². The SMILES string of the molecule is CC(C)CNC(=O)c1ccc(Cl)c(S(=O)(=O)NC2CC2)c1. The lowest BCUT2D eigenvalue weighted by Gasteiger charge is -2.11. The second-order valence-electron chi connectivity index (χ2n) is 5.64. The van der Waals surface area contributed by atoms with Crippen LogP contribution in [-0.4, -0.2) is 26.9 Å². The third-order valence-electron chi connectivity index (χ3n) is 3.05. The largest absolute Gasteiger partial charge is 0.352 e. The van der Waals surface area contributed by atoms with E-state index < -0.39 is 10.0 Å². The Balaban J connectivity index is 2.22. The average molecular weight is 331 g/mol. The van der Waals surface area contributed by atoms with Gasteiger partial charge in [-0.25, -0.2) is 13.1 Å². The standard InChI is InChI=1S/C14H19ClN2O3S/c1-9(2)8-16-14(18)10-3-6-12(15)13(7-10)21(19,20)17-11-4-5-11/h3,6-7,9,11,17H,4-5,8H2,1-2H3,(H,16,18). The fraction of sp³-hybridized carbons (Fsp3) is 0.500. The van der Waals surface area contributed by atoms with Crippen molar-refractivity contribution in [2.75, 3.05) is 6.54 Å². The van der Waals surface area contributed by atoms with Gasteiger partial charge in [0.15, 0.2) is 0 Å². The molecule has 1 aromatic rings. The van der Waals surface area contributed by atoms with Gasteiger partial charge in [0.2, 0.25) is 10.0 Å². The summed E-state index contributed by atoms with van der Waals surface area (Å²) in [7, 11) is -3.68. The van der Waals surface area contributed by atoms with E-state index in [-0.39, 0.29) is 27.4 Å². The van der Waals surface area contributed by atoms with Crippen LogP contribution in [0.2, 0.25) is 5.02 Å². The van der Waals surface area contributed by atoms with Gasteiger partial charge in [-0.15, -0.1) is 0 Å². The number of benzene rings is 1.